The van der Waals surface area contributed by atoms with E-state index in [4.69, 9.17) is 11.6 Å². The van der Waals surface area contributed by atoms with E-state index in [2.05, 4.69) is 16.0 Å². The van der Waals surface area contributed by atoms with Crippen molar-refractivity contribution >= 4 is 44.4 Å². The number of benzene rings is 2. The van der Waals surface area contributed by atoms with E-state index in [9.17, 15) is 23.1 Å². The van der Waals surface area contributed by atoms with Crippen LogP contribution < -0.4 is 26.8 Å². The monoisotopic (exact) mass is 462 g/mol. The van der Waals surface area contributed by atoms with Gasteiger partial charge in [0, 0.05) is 31.9 Å². The van der Waals surface area contributed by atoms with Crippen molar-refractivity contribution in [3.05, 3.63) is 67.9 Å². The molecule has 9 nitrogen and oxygen atoms in total. The molecule has 1 aliphatic heterocycles. The topological polar surface area (TPSA) is 128 Å². The maximum absolute atomic E-state index is 13.1. The predicted octanol–water partition coefficient (Wildman–Crippen LogP) is 1.72. The summed E-state index contributed by atoms with van der Waals surface area (Å²) in [6, 6.07) is 11.4. The first kappa shape index (κ1) is 21.3. The van der Waals surface area contributed by atoms with Crippen LogP contribution in [0.4, 0.5) is 22.7 Å². The molecule has 3 aromatic carbocycles. The Hall–Kier alpha value is -2.92. The Labute approximate surface area is 183 Å². The van der Waals surface area contributed by atoms with Crippen molar-refractivity contribution in [3.8, 4) is 5.75 Å². The largest absolute Gasteiger partial charge is 0.504 e. The van der Waals surface area contributed by atoms with Crippen LogP contribution in [0.5, 0.6) is 5.75 Å². The van der Waals surface area contributed by atoms with E-state index in [0.29, 0.717) is 18.8 Å². The molecule has 0 bridgehead atoms. The highest BCUT2D eigenvalue weighted by Gasteiger charge is 2.32. The molecular weight excluding hydrogens is 444 g/mol. The van der Waals surface area contributed by atoms with E-state index in [-0.39, 0.29) is 35.2 Å². The molecule has 11 heteroatoms. The molecule has 0 aromatic heterocycles. The van der Waals surface area contributed by atoms with Crippen molar-refractivity contribution in [3.63, 3.8) is 0 Å². The second-order valence-corrected chi connectivity index (χ2v) is 9.23. The van der Waals surface area contributed by atoms with Crippen molar-refractivity contribution in [1.82, 2.24) is 9.62 Å². The van der Waals surface area contributed by atoms with E-state index >= 15 is 0 Å². The summed E-state index contributed by atoms with van der Waals surface area (Å²) < 4.78 is 27.3. The summed E-state index contributed by atoms with van der Waals surface area (Å²) >= 11 is 6.12. The lowest BCUT2D eigenvalue weighted by Gasteiger charge is -2.27. The van der Waals surface area contributed by atoms with Gasteiger partial charge in [-0.05, 0) is 24.3 Å². The quantitative estimate of drug-likeness (QED) is 0.322. The number of hydrogen-bond donors (Lipinski definition) is 4. The van der Waals surface area contributed by atoms with E-state index in [1.54, 1.807) is 30.3 Å². The minimum atomic E-state index is -4.07. The van der Waals surface area contributed by atoms with Crippen LogP contribution in [0.3, 0.4) is 0 Å². The van der Waals surface area contributed by atoms with Gasteiger partial charge < -0.3 is 21.1 Å². The second-order valence-electron chi connectivity index (χ2n) is 6.95. The summed E-state index contributed by atoms with van der Waals surface area (Å²) in [7, 11) is -4.07. The third-order valence-electron chi connectivity index (χ3n) is 4.97. The van der Waals surface area contributed by atoms with E-state index in [1.807, 2.05) is 0 Å². The molecule has 0 aliphatic carbocycles. The van der Waals surface area contributed by atoms with E-state index in [1.165, 1.54) is 16.4 Å². The number of nitrogens with zero attached hydrogens (tertiary/aromatic N) is 1. The SMILES string of the molecule is O=c1c(Nc2ccccc2)c(Nc2ccc(Cl)c(S(=O)(=O)N3CCNCC3)c2O)c1=O. The van der Waals surface area contributed by atoms with Gasteiger partial charge in [0.2, 0.25) is 10.0 Å². The summed E-state index contributed by atoms with van der Waals surface area (Å²) in [5, 5.41) is 19.2. The molecule has 0 atom stereocenters. The summed E-state index contributed by atoms with van der Waals surface area (Å²) in [6.07, 6.45) is 0. The van der Waals surface area contributed by atoms with Gasteiger partial charge in [0.1, 0.15) is 16.3 Å². The maximum Gasteiger partial charge on any atom is 0.253 e. The number of anilines is 4. The highest BCUT2D eigenvalue weighted by Crippen LogP contribution is 2.40. The zero-order valence-corrected chi connectivity index (χ0v) is 17.8. The molecule has 31 heavy (non-hydrogen) atoms. The zero-order valence-electron chi connectivity index (χ0n) is 16.2. The lowest BCUT2D eigenvalue weighted by atomic mass is 10.1. The molecule has 1 aliphatic rings. The van der Waals surface area contributed by atoms with Gasteiger partial charge in [-0.3, -0.25) is 9.59 Å². The zero-order chi connectivity index (χ0) is 22.2. The summed E-state index contributed by atoms with van der Waals surface area (Å²) in [6.45, 7) is 1.43. The van der Waals surface area contributed by atoms with Crippen molar-refractivity contribution < 1.29 is 13.5 Å². The molecule has 1 fully saturated rings. The van der Waals surface area contributed by atoms with Gasteiger partial charge in [0.15, 0.2) is 5.75 Å². The molecule has 0 spiro atoms. The van der Waals surface area contributed by atoms with Crippen LogP contribution in [0, 0.1) is 0 Å². The van der Waals surface area contributed by atoms with Crippen molar-refractivity contribution in [2.45, 2.75) is 4.90 Å². The third-order valence-corrected chi connectivity index (χ3v) is 7.37. The summed E-state index contributed by atoms with van der Waals surface area (Å²) in [5.74, 6) is -0.621. The first-order valence-corrected chi connectivity index (χ1v) is 11.3. The standard InChI is InChI=1S/C20H19ClN4O5S/c21-13-6-7-14(17(26)20(13)31(29,30)25-10-8-22-9-11-25)24-16-15(18(27)19(16)28)23-12-4-2-1-3-5-12/h1-7,22-24,26H,8-11H2. The molecule has 3 aromatic rings. The normalized spacial score (nSPS) is 15.1. The first-order valence-electron chi connectivity index (χ1n) is 9.45. The fourth-order valence-corrected chi connectivity index (χ4v) is 5.37. The van der Waals surface area contributed by atoms with Crippen LogP contribution >= 0.6 is 11.6 Å². The number of nitrogens with one attached hydrogen (secondary N) is 3. The molecule has 4 rings (SSSR count). The number of piperazine rings is 1. The number of para-hydroxylation sites is 1. The Morgan fingerprint density at radius 1 is 0.935 bits per heavy atom. The number of hydrogen-bond acceptors (Lipinski definition) is 8. The van der Waals surface area contributed by atoms with Gasteiger partial charge in [-0.2, -0.15) is 4.31 Å². The smallest absolute Gasteiger partial charge is 0.253 e. The minimum Gasteiger partial charge on any atom is -0.504 e. The Morgan fingerprint density at radius 2 is 1.55 bits per heavy atom. The molecule has 0 radical (unpaired) electrons. The second kappa shape index (κ2) is 8.31. The summed E-state index contributed by atoms with van der Waals surface area (Å²) in [4.78, 5) is 23.7. The van der Waals surface area contributed by atoms with Crippen LogP contribution in [0.25, 0.3) is 0 Å². The summed E-state index contributed by atoms with van der Waals surface area (Å²) in [5.41, 5.74) is -0.997. The molecule has 162 valence electrons. The van der Waals surface area contributed by atoms with Crippen LogP contribution in [-0.4, -0.2) is 44.0 Å². The number of rotatable bonds is 6. The van der Waals surface area contributed by atoms with Gasteiger partial charge in [-0.25, -0.2) is 8.42 Å². The van der Waals surface area contributed by atoms with Crippen LogP contribution in [0.1, 0.15) is 0 Å². The Bertz CT molecular complexity index is 1300. The van der Waals surface area contributed by atoms with E-state index < -0.39 is 31.5 Å². The van der Waals surface area contributed by atoms with Gasteiger partial charge >= 0.3 is 0 Å². The average molecular weight is 463 g/mol. The van der Waals surface area contributed by atoms with Gasteiger partial charge in [-0.1, -0.05) is 29.8 Å². The highest BCUT2D eigenvalue weighted by molar-refractivity contribution is 7.89. The minimum absolute atomic E-state index is 0.0251. The fraction of sp³-hybridized carbons (Fsp3) is 0.200. The lowest BCUT2D eigenvalue weighted by molar-refractivity contribution is 0.357. The number of phenols is 1. The van der Waals surface area contributed by atoms with Gasteiger partial charge in [-0.15, -0.1) is 0 Å². The Kier molecular flexibility index (Phi) is 5.71. The molecule has 0 amide bonds. The molecule has 1 heterocycles. The van der Waals surface area contributed by atoms with Crippen LogP contribution in [0.15, 0.2) is 56.9 Å². The molecular formula is C20H19ClN4O5S. The third kappa shape index (κ3) is 3.90. The first-order chi connectivity index (χ1) is 14.8. The van der Waals surface area contributed by atoms with E-state index in [0.717, 1.165) is 0 Å². The number of halogens is 1. The predicted molar refractivity (Wildman–Crippen MR) is 119 cm³/mol. The Morgan fingerprint density at radius 3 is 2.19 bits per heavy atom. The van der Waals surface area contributed by atoms with Gasteiger partial charge in [0.25, 0.3) is 10.9 Å². The number of phenolic OH excluding ortho intramolecular Hbond substituents is 1. The molecule has 4 N–H and O–H groups in total. The highest BCUT2D eigenvalue weighted by atomic mass is 35.5. The average Bonchev–Trinajstić information content (AvgIpc) is 2.78. The number of aromatic hydroxyl groups is 1. The fourth-order valence-electron chi connectivity index (χ4n) is 3.34. The molecule has 0 unspecified atom stereocenters. The number of sulfonamides is 1. The van der Waals surface area contributed by atoms with Crippen molar-refractivity contribution in [2.75, 3.05) is 36.8 Å². The maximum atomic E-state index is 13.1. The lowest BCUT2D eigenvalue weighted by Crippen LogP contribution is -2.46. The van der Waals surface area contributed by atoms with Crippen molar-refractivity contribution in [1.29, 1.82) is 0 Å². The van der Waals surface area contributed by atoms with Crippen molar-refractivity contribution in [2.24, 2.45) is 0 Å². The van der Waals surface area contributed by atoms with Crippen LogP contribution in [0.2, 0.25) is 5.02 Å². The van der Waals surface area contributed by atoms with Gasteiger partial charge in [0.05, 0.1) is 10.7 Å². The molecule has 1 saturated heterocycles. The Balaban J connectivity index is 1.69. The molecule has 0 saturated carbocycles. The van der Waals surface area contributed by atoms with Crippen LogP contribution in [-0.2, 0) is 10.0 Å².